The van der Waals surface area contributed by atoms with Crippen LogP contribution in [-0.4, -0.2) is 22.2 Å². The van der Waals surface area contributed by atoms with Crippen LogP contribution < -0.4 is 0 Å². The molecule has 5 heteroatoms. The molecule has 2 aliphatic heterocycles. The smallest absolute Gasteiger partial charge is 0.148 e. The van der Waals surface area contributed by atoms with Gasteiger partial charge in [0.25, 0.3) is 0 Å². The monoisotopic (exact) mass is 497 g/mol. The van der Waals surface area contributed by atoms with Gasteiger partial charge in [-0.1, -0.05) is 66.7 Å². The van der Waals surface area contributed by atoms with Gasteiger partial charge in [0.2, 0.25) is 0 Å². The van der Waals surface area contributed by atoms with Crippen LogP contribution in [0, 0.1) is 0 Å². The van der Waals surface area contributed by atoms with Crippen molar-refractivity contribution in [1.29, 1.82) is 0 Å². The SMILES string of the molecule is c1ccc2c(c1)c1c3n(c4cccc5c4-n1c1c4ccccc4n4c6ccccc6n5c14)c1ccccc1n23. The second-order valence-electron chi connectivity index (χ2n) is 10.7. The topological polar surface area (TPSA) is 22.6 Å². The van der Waals surface area contributed by atoms with E-state index in [2.05, 4.69) is 137 Å². The summed E-state index contributed by atoms with van der Waals surface area (Å²) in [6.07, 6.45) is 0. The maximum Gasteiger partial charge on any atom is 0.148 e. The van der Waals surface area contributed by atoms with Gasteiger partial charge in [-0.3, -0.25) is 22.2 Å². The van der Waals surface area contributed by atoms with Crippen molar-refractivity contribution in [3.8, 4) is 5.69 Å². The average Bonchev–Trinajstić information content (AvgIpc) is 3.71. The van der Waals surface area contributed by atoms with Crippen LogP contribution in [0.2, 0.25) is 0 Å². The van der Waals surface area contributed by atoms with Crippen molar-refractivity contribution in [2.24, 2.45) is 0 Å². The van der Waals surface area contributed by atoms with Crippen LogP contribution in [0.15, 0.2) is 115 Å². The van der Waals surface area contributed by atoms with Crippen molar-refractivity contribution in [1.82, 2.24) is 22.2 Å². The number of rotatable bonds is 0. The molecular weight excluding hydrogens is 478 g/mol. The molecule has 0 amide bonds. The van der Waals surface area contributed by atoms with Gasteiger partial charge in [0, 0.05) is 10.8 Å². The molecule has 0 saturated heterocycles. The summed E-state index contributed by atoms with van der Waals surface area (Å²) in [7, 11) is 0. The van der Waals surface area contributed by atoms with E-state index in [1.807, 2.05) is 0 Å². The summed E-state index contributed by atoms with van der Waals surface area (Å²) in [6.45, 7) is 0. The molecule has 0 spiro atoms. The summed E-state index contributed by atoms with van der Waals surface area (Å²) < 4.78 is 12.4. The Bertz CT molecular complexity index is 2590. The molecule has 0 bridgehead atoms. The van der Waals surface area contributed by atoms with Crippen LogP contribution >= 0.6 is 0 Å². The molecule has 0 aliphatic carbocycles. The normalized spacial score (nSPS) is 13.1. The Morgan fingerprint density at radius 1 is 0.308 bits per heavy atom. The van der Waals surface area contributed by atoms with E-state index in [9.17, 15) is 0 Å². The van der Waals surface area contributed by atoms with E-state index in [4.69, 9.17) is 0 Å². The second kappa shape index (κ2) is 6.00. The Balaban J connectivity index is 1.65. The molecule has 0 saturated carbocycles. The van der Waals surface area contributed by atoms with Crippen LogP contribution in [0.5, 0.6) is 0 Å². The highest BCUT2D eigenvalue weighted by atomic mass is 15.2. The van der Waals surface area contributed by atoms with Crippen molar-refractivity contribution in [2.75, 3.05) is 0 Å². The van der Waals surface area contributed by atoms with E-state index < -0.39 is 0 Å². The Hall–Kier alpha value is -5.42. The lowest BCUT2D eigenvalue weighted by Crippen LogP contribution is -2.10. The Morgan fingerprint density at radius 3 is 1.08 bits per heavy atom. The zero-order chi connectivity index (χ0) is 25.0. The van der Waals surface area contributed by atoms with E-state index in [1.54, 1.807) is 0 Å². The third kappa shape index (κ3) is 1.84. The summed E-state index contributed by atoms with van der Waals surface area (Å²) >= 11 is 0. The lowest BCUT2D eigenvalue weighted by molar-refractivity contribution is 1.10. The van der Waals surface area contributed by atoms with Gasteiger partial charge in [-0.2, -0.15) is 0 Å². The number of para-hydroxylation sites is 7. The fourth-order valence-electron chi connectivity index (χ4n) is 7.60. The van der Waals surface area contributed by atoms with Crippen molar-refractivity contribution in [3.63, 3.8) is 0 Å². The molecule has 180 valence electrons. The summed E-state index contributed by atoms with van der Waals surface area (Å²) in [5, 5.41) is 2.53. The minimum absolute atomic E-state index is 1.21. The molecule has 6 heterocycles. The van der Waals surface area contributed by atoms with Crippen LogP contribution in [-0.2, 0) is 0 Å². The van der Waals surface area contributed by atoms with Gasteiger partial charge in [0.15, 0.2) is 0 Å². The zero-order valence-electron chi connectivity index (χ0n) is 20.7. The van der Waals surface area contributed by atoms with Crippen LogP contribution in [0.1, 0.15) is 0 Å². The van der Waals surface area contributed by atoms with E-state index >= 15 is 0 Å². The lowest BCUT2D eigenvalue weighted by Gasteiger charge is -2.21. The minimum atomic E-state index is 1.21. The van der Waals surface area contributed by atoms with Gasteiger partial charge >= 0.3 is 0 Å². The van der Waals surface area contributed by atoms with Gasteiger partial charge in [-0.15, -0.1) is 0 Å². The van der Waals surface area contributed by atoms with Crippen LogP contribution in [0.4, 0.5) is 0 Å². The van der Waals surface area contributed by atoms with Gasteiger partial charge in [-0.25, -0.2) is 0 Å². The van der Waals surface area contributed by atoms with Crippen molar-refractivity contribution in [3.05, 3.63) is 115 Å². The zero-order valence-corrected chi connectivity index (χ0v) is 20.7. The largest absolute Gasteiger partial charge is 0.298 e. The summed E-state index contributed by atoms with van der Waals surface area (Å²) in [5.74, 6) is 0. The Kier molecular flexibility index (Phi) is 2.89. The maximum absolute atomic E-state index is 2.57. The molecule has 0 atom stereocenters. The van der Waals surface area contributed by atoms with Crippen molar-refractivity contribution >= 4 is 77.2 Å². The summed E-state index contributed by atoms with van der Waals surface area (Å²) in [4.78, 5) is 0. The number of benzene rings is 5. The standard InChI is InChI=1S/C34H19N5/c1-3-12-22-20(10-1)30-33-35(22)24-14-5-7-16-26(24)37(33)28-18-9-19-29-32(28)39(30)31-21-11-2-4-13-23(21)36-25-15-6-8-17-27(25)38(29)34(31)36/h1-19H. The second-order valence-corrected chi connectivity index (χ2v) is 10.7. The van der Waals surface area contributed by atoms with Gasteiger partial charge in [0.05, 0.1) is 60.9 Å². The molecule has 2 aliphatic rings. The molecule has 4 aromatic heterocycles. The Morgan fingerprint density at radius 2 is 0.641 bits per heavy atom. The highest BCUT2D eigenvalue weighted by Gasteiger charge is 2.30. The number of hydrogen-bond donors (Lipinski definition) is 0. The van der Waals surface area contributed by atoms with Gasteiger partial charge in [0.1, 0.15) is 11.3 Å². The van der Waals surface area contributed by atoms with Crippen molar-refractivity contribution in [2.45, 2.75) is 0 Å². The Labute approximate surface area is 220 Å². The number of fused-ring (bicyclic) bond motifs is 16. The van der Waals surface area contributed by atoms with Crippen LogP contribution in [0.25, 0.3) is 82.9 Å². The molecule has 9 aromatic rings. The molecule has 0 fully saturated rings. The third-order valence-corrected chi connectivity index (χ3v) is 8.94. The molecular formula is C34H19N5. The first-order valence-corrected chi connectivity index (χ1v) is 13.4. The van der Waals surface area contributed by atoms with E-state index in [0.29, 0.717) is 0 Å². The van der Waals surface area contributed by atoms with Gasteiger partial charge < -0.3 is 0 Å². The average molecular weight is 498 g/mol. The number of hydrogen-bond acceptors (Lipinski definition) is 0. The number of nitrogens with zero attached hydrogens (tertiary/aromatic N) is 5. The van der Waals surface area contributed by atoms with Gasteiger partial charge in [-0.05, 0) is 48.5 Å². The summed E-state index contributed by atoms with van der Waals surface area (Å²) in [6, 6.07) is 42.1. The predicted molar refractivity (Wildman–Crippen MR) is 159 cm³/mol. The molecule has 11 rings (SSSR count). The maximum atomic E-state index is 2.57. The number of imidazole rings is 2. The first-order valence-electron chi connectivity index (χ1n) is 13.4. The molecule has 0 radical (unpaired) electrons. The van der Waals surface area contributed by atoms with E-state index in [-0.39, 0.29) is 0 Å². The lowest BCUT2D eigenvalue weighted by atomic mass is 10.1. The highest BCUT2D eigenvalue weighted by molar-refractivity contribution is 6.19. The molecule has 39 heavy (non-hydrogen) atoms. The minimum Gasteiger partial charge on any atom is -0.298 e. The fraction of sp³-hybridized carbons (Fsp3) is 0. The van der Waals surface area contributed by atoms with E-state index in [0.717, 1.165) is 0 Å². The number of aromatic nitrogens is 5. The first kappa shape index (κ1) is 18.8. The predicted octanol–water partition coefficient (Wildman–Crippen LogP) is 8.13. The summed E-state index contributed by atoms with van der Waals surface area (Å²) in [5.41, 5.74) is 15.9. The van der Waals surface area contributed by atoms with Crippen LogP contribution in [0.3, 0.4) is 0 Å². The fourth-order valence-corrected chi connectivity index (χ4v) is 7.60. The molecule has 5 aromatic carbocycles. The highest BCUT2D eigenvalue weighted by Crippen LogP contribution is 2.45. The molecule has 0 N–H and O–H groups in total. The quantitative estimate of drug-likeness (QED) is 0.202. The van der Waals surface area contributed by atoms with Crippen molar-refractivity contribution < 1.29 is 0 Å². The third-order valence-electron chi connectivity index (χ3n) is 8.94. The van der Waals surface area contributed by atoms with E-state index in [1.165, 1.54) is 82.9 Å². The first-order chi connectivity index (χ1) is 19.4. The molecule has 5 nitrogen and oxygen atoms in total. The molecule has 0 unspecified atom stereocenters.